The van der Waals surface area contributed by atoms with Crippen LogP contribution in [0.5, 0.6) is 0 Å². The summed E-state index contributed by atoms with van der Waals surface area (Å²) < 4.78 is 0. The smallest absolute Gasteiger partial charge is 0.280 e. The van der Waals surface area contributed by atoms with Crippen LogP contribution in [0, 0.1) is 22.0 Å². The number of hydrogen-bond donors (Lipinski definition) is 0. The van der Waals surface area contributed by atoms with Gasteiger partial charge in [-0.05, 0) is 30.5 Å². The molecule has 0 aliphatic heterocycles. The molecule has 0 amide bonds. The zero-order valence-corrected chi connectivity index (χ0v) is 10.9. The highest BCUT2D eigenvalue weighted by atomic mass is 32.1. The number of ketones is 1. The van der Waals surface area contributed by atoms with Crippen molar-refractivity contribution in [2.75, 3.05) is 0 Å². The van der Waals surface area contributed by atoms with Crippen LogP contribution < -0.4 is 0 Å². The number of carbonyl (C=O) groups is 1. The predicted octanol–water partition coefficient (Wildman–Crippen LogP) is 3.26. The minimum Gasteiger partial charge on any atom is -0.294 e. The summed E-state index contributed by atoms with van der Waals surface area (Å²) in [6.45, 7) is 1.30. The molecule has 1 aromatic heterocycles. The lowest BCUT2D eigenvalue weighted by molar-refractivity contribution is -0.385. The molecule has 0 aliphatic carbocycles. The van der Waals surface area contributed by atoms with E-state index >= 15 is 0 Å². The van der Waals surface area contributed by atoms with Gasteiger partial charge in [-0.1, -0.05) is 17.9 Å². The first-order valence-electron chi connectivity index (χ1n) is 5.43. The normalized spacial score (nSPS) is 9.53. The third-order valence-electron chi connectivity index (χ3n) is 2.42. The molecule has 0 aliphatic rings. The van der Waals surface area contributed by atoms with Gasteiger partial charge in [0.2, 0.25) is 0 Å². The highest BCUT2D eigenvalue weighted by Crippen LogP contribution is 2.20. The molecule has 2 aromatic rings. The zero-order valence-electron chi connectivity index (χ0n) is 10.0. The number of nitro benzene ring substituents is 1. The van der Waals surface area contributed by atoms with Gasteiger partial charge in [0.1, 0.15) is 0 Å². The van der Waals surface area contributed by atoms with E-state index in [4.69, 9.17) is 0 Å². The second kappa shape index (κ2) is 5.46. The number of Topliss-reactive ketones (excluding diaryl/α,β-unsaturated/α-hetero) is 1. The van der Waals surface area contributed by atoms with Crippen LogP contribution in [0.3, 0.4) is 0 Å². The first kappa shape index (κ1) is 13.0. The summed E-state index contributed by atoms with van der Waals surface area (Å²) in [5.74, 6) is 5.50. The molecule has 94 valence electrons. The van der Waals surface area contributed by atoms with Crippen molar-refractivity contribution >= 4 is 22.8 Å². The highest BCUT2D eigenvalue weighted by molar-refractivity contribution is 7.10. The largest absolute Gasteiger partial charge is 0.294 e. The van der Waals surface area contributed by atoms with Crippen LogP contribution in [0.1, 0.15) is 27.7 Å². The van der Waals surface area contributed by atoms with Crippen LogP contribution in [0.2, 0.25) is 0 Å². The Morgan fingerprint density at radius 3 is 2.68 bits per heavy atom. The van der Waals surface area contributed by atoms with Crippen molar-refractivity contribution in [1.82, 2.24) is 0 Å². The van der Waals surface area contributed by atoms with E-state index in [1.807, 2.05) is 17.5 Å². The topological polar surface area (TPSA) is 60.2 Å². The Balaban J connectivity index is 2.41. The summed E-state index contributed by atoms with van der Waals surface area (Å²) in [5.41, 5.74) is 0.487. The van der Waals surface area contributed by atoms with Crippen molar-refractivity contribution in [2.24, 2.45) is 0 Å². The number of nitro groups is 1. The predicted molar refractivity (Wildman–Crippen MR) is 73.4 cm³/mol. The van der Waals surface area contributed by atoms with Gasteiger partial charge >= 0.3 is 0 Å². The Labute approximate surface area is 113 Å². The molecule has 0 bridgehead atoms. The molecule has 0 spiro atoms. The molecule has 0 fully saturated rings. The number of nitrogens with zero attached hydrogens (tertiary/aromatic N) is 1. The van der Waals surface area contributed by atoms with Gasteiger partial charge in [-0.2, -0.15) is 0 Å². The first-order valence-corrected chi connectivity index (χ1v) is 6.31. The molecular formula is C14H9NO3S. The van der Waals surface area contributed by atoms with Crippen molar-refractivity contribution in [3.63, 3.8) is 0 Å². The molecule has 4 nitrogen and oxygen atoms in total. The number of thiophene rings is 1. The van der Waals surface area contributed by atoms with E-state index in [2.05, 4.69) is 11.8 Å². The number of carbonyl (C=O) groups excluding carboxylic acids is 1. The molecule has 19 heavy (non-hydrogen) atoms. The van der Waals surface area contributed by atoms with Crippen LogP contribution in [0.4, 0.5) is 5.69 Å². The SMILES string of the molecule is CC(=O)c1cc(C#Cc2cccs2)ccc1[N+](=O)[O-]. The Morgan fingerprint density at radius 1 is 1.32 bits per heavy atom. The molecule has 5 heteroatoms. The van der Waals surface area contributed by atoms with Crippen molar-refractivity contribution in [3.8, 4) is 11.8 Å². The van der Waals surface area contributed by atoms with E-state index in [0.29, 0.717) is 5.56 Å². The maximum atomic E-state index is 11.4. The Hall–Kier alpha value is -2.45. The average Bonchev–Trinajstić information content (AvgIpc) is 2.88. The van der Waals surface area contributed by atoms with Gasteiger partial charge < -0.3 is 0 Å². The van der Waals surface area contributed by atoms with E-state index in [1.54, 1.807) is 6.07 Å². The lowest BCUT2D eigenvalue weighted by Gasteiger charge is -1.99. The molecule has 0 saturated carbocycles. The molecule has 0 saturated heterocycles. The van der Waals surface area contributed by atoms with Crippen molar-refractivity contribution in [3.05, 3.63) is 61.8 Å². The van der Waals surface area contributed by atoms with Crippen LogP contribution in [0.25, 0.3) is 0 Å². The fraction of sp³-hybridized carbons (Fsp3) is 0.0714. The van der Waals surface area contributed by atoms with Gasteiger partial charge in [-0.25, -0.2) is 0 Å². The van der Waals surface area contributed by atoms with Gasteiger partial charge in [0.05, 0.1) is 15.4 Å². The molecule has 0 N–H and O–H groups in total. The van der Waals surface area contributed by atoms with Crippen molar-refractivity contribution in [1.29, 1.82) is 0 Å². The van der Waals surface area contributed by atoms with Crippen LogP contribution in [-0.4, -0.2) is 10.7 Å². The van der Waals surface area contributed by atoms with E-state index in [-0.39, 0.29) is 17.0 Å². The monoisotopic (exact) mass is 271 g/mol. The average molecular weight is 271 g/mol. The Morgan fingerprint density at radius 2 is 2.11 bits per heavy atom. The van der Waals surface area contributed by atoms with Gasteiger partial charge in [-0.15, -0.1) is 11.3 Å². The van der Waals surface area contributed by atoms with Crippen LogP contribution in [-0.2, 0) is 0 Å². The number of benzene rings is 1. The van der Waals surface area contributed by atoms with Crippen molar-refractivity contribution < 1.29 is 9.72 Å². The summed E-state index contributed by atoms with van der Waals surface area (Å²) in [6, 6.07) is 8.10. The molecule has 0 unspecified atom stereocenters. The van der Waals surface area contributed by atoms with E-state index in [9.17, 15) is 14.9 Å². The summed E-state index contributed by atoms with van der Waals surface area (Å²) in [7, 11) is 0. The summed E-state index contributed by atoms with van der Waals surface area (Å²) in [4.78, 5) is 22.5. The van der Waals surface area contributed by atoms with Gasteiger partial charge in [-0.3, -0.25) is 14.9 Å². The molecule has 0 radical (unpaired) electrons. The van der Waals surface area contributed by atoms with Gasteiger partial charge in [0, 0.05) is 11.6 Å². The second-order valence-corrected chi connectivity index (χ2v) is 4.72. The molecule has 2 rings (SSSR count). The fourth-order valence-corrected chi connectivity index (χ4v) is 2.11. The summed E-state index contributed by atoms with van der Waals surface area (Å²) >= 11 is 1.51. The molecule has 1 heterocycles. The summed E-state index contributed by atoms with van der Waals surface area (Å²) in [6.07, 6.45) is 0. The van der Waals surface area contributed by atoms with Gasteiger partial charge in [0.25, 0.3) is 5.69 Å². The van der Waals surface area contributed by atoms with Crippen LogP contribution >= 0.6 is 11.3 Å². The third-order valence-corrected chi connectivity index (χ3v) is 3.21. The minimum atomic E-state index is -0.562. The van der Waals surface area contributed by atoms with E-state index in [1.165, 1.54) is 30.4 Å². The summed E-state index contributed by atoms with van der Waals surface area (Å²) in [5, 5.41) is 12.7. The fourth-order valence-electron chi connectivity index (χ4n) is 1.54. The second-order valence-electron chi connectivity index (χ2n) is 3.77. The first-order chi connectivity index (χ1) is 9.08. The lowest BCUT2D eigenvalue weighted by Crippen LogP contribution is -2.00. The maximum Gasteiger partial charge on any atom is 0.280 e. The number of rotatable bonds is 2. The maximum absolute atomic E-state index is 11.4. The van der Waals surface area contributed by atoms with E-state index < -0.39 is 4.92 Å². The number of hydrogen-bond acceptors (Lipinski definition) is 4. The molecule has 0 atom stereocenters. The van der Waals surface area contributed by atoms with Crippen molar-refractivity contribution in [2.45, 2.75) is 6.92 Å². The Bertz CT molecular complexity index is 693. The minimum absolute atomic E-state index is 0.0861. The zero-order chi connectivity index (χ0) is 13.8. The third kappa shape index (κ3) is 3.06. The highest BCUT2D eigenvalue weighted by Gasteiger charge is 2.16. The van der Waals surface area contributed by atoms with Crippen LogP contribution in [0.15, 0.2) is 35.7 Å². The molecular weight excluding hydrogens is 262 g/mol. The van der Waals surface area contributed by atoms with E-state index in [0.717, 1.165) is 4.88 Å². The molecule has 1 aromatic carbocycles. The quantitative estimate of drug-likeness (QED) is 0.364. The van der Waals surface area contributed by atoms with Gasteiger partial charge in [0.15, 0.2) is 5.78 Å². The lowest BCUT2D eigenvalue weighted by atomic mass is 10.1. The Kier molecular flexibility index (Phi) is 3.74. The standard InChI is InChI=1S/C14H9NO3S/c1-10(16)13-9-11(5-7-14(13)15(17)18)4-6-12-3-2-8-19-12/h2-3,5,7-9H,1H3.